The molecule has 28 heavy (non-hydrogen) atoms. The smallest absolute Gasteiger partial charge is 0.328 e. The number of aromatic nitrogens is 2. The minimum Gasteiger partial charge on any atom is -0.497 e. The molecule has 1 heterocycles. The first kappa shape index (κ1) is 20.7. The Balaban J connectivity index is 1.96. The van der Waals surface area contributed by atoms with Gasteiger partial charge in [0, 0.05) is 29.9 Å². The van der Waals surface area contributed by atoms with E-state index in [9.17, 15) is 14.4 Å². The number of hydrogen-bond acceptors (Lipinski definition) is 7. The maximum Gasteiger partial charge on any atom is 0.328 e. The molecule has 10 nitrogen and oxygen atoms in total. The van der Waals surface area contributed by atoms with Crippen LogP contribution in [0.4, 0.5) is 0 Å². The number of ether oxygens (including phenoxy) is 3. The van der Waals surface area contributed by atoms with Gasteiger partial charge in [0.2, 0.25) is 5.91 Å². The van der Waals surface area contributed by atoms with Gasteiger partial charge in [0.1, 0.15) is 17.5 Å². The predicted octanol–water partition coefficient (Wildman–Crippen LogP) is 0.0572. The lowest BCUT2D eigenvalue weighted by Gasteiger charge is -2.16. The fraction of sp³-hybridized carbons (Fsp3) is 0.333. The molecule has 3 N–H and O–H groups in total. The number of carbonyl (C=O) groups excluding carboxylic acids is 3. The van der Waals surface area contributed by atoms with Gasteiger partial charge in [-0.15, -0.1) is 0 Å². The number of aromatic amines is 1. The van der Waals surface area contributed by atoms with Crippen LogP contribution in [0, 0.1) is 0 Å². The molecule has 1 atom stereocenters. The minimum absolute atomic E-state index is 0.180. The van der Waals surface area contributed by atoms with Crippen molar-refractivity contribution >= 4 is 17.8 Å². The normalized spacial score (nSPS) is 11.2. The molecule has 0 aliphatic carbocycles. The largest absolute Gasteiger partial charge is 0.497 e. The number of H-pyrrole nitrogens is 1. The lowest BCUT2D eigenvalue weighted by Crippen LogP contribution is -2.47. The van der Waals surface area contributed by atoms with Gasteiger partial charge < -0.3 is 29.8 Å². The van der Waals surface area contributed by atoms with E-state index in [2.05, 4.69) is 20.6 Å². The Morgan fingerprint density at radius 3 is 2.32 bits per heavy atom. The summed E-state index contributed by atoms with van der Waals surface area (Å²) in [5.41, 5.74) is 0.925. The van der Waals surface area contributed by atoms with Crippen molar-refractivity contribution in [1.29, 1.82) is 0 Å². The average molecular weight is 390 g/mol. The van der Waals surface area contributed by atoms with Crippen LogP contribution in [0.25, 0.3) is 0 Å². The third-order valence-electron chi connectivity index (χ3n) is 3.82. The number of nitrogens with one attached hydrogen (secondary N) is 3. The van der Waals surface area contributed by atoms with Gasteiger partial charge in [-0.1, -0.05) is 0 Å². The average Bonchev–Trinajstić information content (AvgIpc) is 3.23. The van der Waals surface area contributed by atoms with E-state index in [0.29, 0.717) is 17.2 Å². The number of benzene rings is 1. The maximum atomic E-state index is 12.3. The van der Waals surface area contributed by atoms with Crippen LogP contribution in [0.5, 0.6) is 11.5 Å². The molecule has 1 aromatic carbocycles. The van der Waals surface area contributed by atoms with Crippen molar-refractivity contribution in [2.24, 2.45) is 0 Å². The summed E-state index contributed by atoms with van der Waals surface area (Å²) in [4.78, 5) is 43.1. The van der Waals surface area contributed by atoms with E-state index in [1.54, 1.807) is 12.3 Å². The van der Waals surface area contributed by atoms with Crippen LogP contribution in [-0.2, 0) is 20.7 Å². The predicted molar refractivity (Wildman–Crippen MR) is 98.1 cm³/mol. The number of methoxy groups -OCH3 is 3. The molecule has 150 valence electrons. The Bertz CT molecular complexity index is 799. The number of rotatable bonds is 9. The zero-order valence-corrected chi connectivity index (χ0v) is 15.8. The summed E-state index contributed by atoms with van der Waals surface area (Å²) in [5, 5.41) is 5.02. The quantitative estimate of drug-likeness (QED) is 0.516. The van der Waals surface area contributed by atoms with Gasteiger partial charge in [-0.2, -0.15) is 0 Å². The molecule has 0 saturated heterocycles. The van der Waals surface area contributed by atoms with Crippen molar-refractivity contribution in [2.75, 3.05) is 27.9 Å². The van der Waals surface area contributed by atoms with Crippen molar-refractivity contribution in [2.45, 2.75) is 12.5 Å². The second kappa shape index (κ2) is 9.95. The zero-order valence-electron chi connectivity index (χ0n) is 15.8. The topological polar surface area (TPSA) is 132 Å². The van der Waals surface area contributed by atoms with Crippen LogP contribution in [0.2, 0.25) is 0 Å². The van der Waals surface area contributed by atoms with Gasteiger partial charge in [-0.25, -0.2) is 9.78 Å². The minimum atomic E-state index is -0.910. The molecule has 0 fully saturated rings. The number of hydrogen-bond donors (Lipinski definition) is 3. The summed E-state index contributed by atoms with van der Waals surface area (Å²) in [7, 11) is 4.17. The number of carbonyl (C=O) groups is 3. The van der Waals surface area contributed by atoms with E-state index in [4.69, 9.17) is 14.2 Å². The highest BCUT2D eigenvalue weighted by Gasteiger charge is 2.23. The van der Waals surface area contributed by atoms with Crippen LogP contribution in [0.3, 0.4) is 0 Å². The van der Waals surface area contributed by atoms with Gasteiger partial charge in [-0.05, 0) is 12.1 Å². The van der Waals surface area contributed by atoms with Crippen LogP contribution >= 0.6 is 0 Å². The second-order valence-corrected chi connectivity index (χ2v) is 5.71. The summed E-state index contributed by atoms with van der Waals surface area (Å²) in [6, 6.07) is 3.75. The van der Waals surface area contributed by atoms with Crippen LogP contribution in [0.15, 0.2) is 30.7 Å². The fourth-order valence-electron chi connectivity index (χ4n) is 2.40. The molecular weight excluding hydrogens is 368 g/mol. The number of esters is 1. The Hall–Kier alpha value is -3.56. The van der Waals surface area contributed by atoms with Crippen molar-refractivity contribution in [1.82, 2.24) is 20.6 Å². The molecule has 1 aromatic heterocycles. The van der Waals surface area contributed by atoms with E-state index in [0.717, 1.165) is 0 Å². The van der Waals surface area contributed by atoms with Crippen molar-refractivity contribution in [3.05, 3.63) is 42.0 Å². The van der Waals surface area contributed by atoms with E-state index in [-0.39, 0.29) is 18.5 Å². The first-order valence-electron chi connectivity index (χ1n) is 8.32. The van der Waals surface area contributed by atoms with Crippen molar-refractivity contribution in [3.8, 4) is 11.5 Å². The summed E-state index contributed by atoms with van der Waals surface area (Å²) < 4.78 is 14.9. The molecule has 0 bridgehead atoms. The Morgan fingerprint density at radius 2 is 1.79 bits per heavy atom. The van der Waals surface area contributed by atoms with Gasteiger partial charge in [0.15, 0.2) is 0 Å². The molecule has 2 amide bonds. The molecule has 0 aliphatic heterocycles. The molecule has 0 radical (unpaired) electrons. The SMILES string of the molecule is COC(=O)[C@H](Cc1cnc[nH]1)NC(=O)CNC(=O)c1cc(OC)cc(OC)c1. The molecule has 0 spiro atoms. The van der Waals surface area contributed by atoms with E-state index >= 15 is 0 Å². The Morgan fingerprint density at radius 1 is 1.11 bits per heavy atom. The highest BCUT2D eigenvalue weighted by Crippen LogP contribution is 2.22. The van der Waals surface area contributed by atoms with Crippen LogP contribution in [-0.4, -0.2) is 61.7 Å². The molecule has 0 unspecified atom stereocenters. The molecule has 0 aliphatic rings. The van der Waals surface area contributed by atoms with Gasteiger partial charge in [-0.3, -0.25) is 9.59 Å². The van der Waals surface area contributed by atoms with Gasteiger partial charge in [0.25, 0.3) is 5.91 Å². The second-order valence-electron chi connectivity index (χ2n) is 5.71. The van der Waals surface area contributed by atoms with Crippen molar-refractivity contribution < 1.29 is 28.6 Å². The van der Waals surface area contributed by atoms with E-state index in [1.165, 1.54) is 39.8 Å². The molecular formula is C18H22N4O6. The first-order valence-corrected chi connectivity index (χ1v) is 8.32. The Labute approximate surface area is 161 Å². The first-order chi connectivity index (χ1) is 13.5. The zero-order chi connectivity index (χ0) is 20.5. The number of nitrogens with zero attached hydrogens (tertiary/aromatic N) is 1. The van der Waals surface area contributed by atoms with Gasteiger partial charge in [0.05, 0.1) is 34.2 Å². The number of amides is 2. The standard InChI is InChI=1S/C18H22N4O6/c1-26-13-4-11(5-14(7-13)27-2)17(24)20-9-16(23)22-15(18(25)28-3)6-12-8-19-10-21-12/h4-5,7-8,10,15H,6,9H2,1-3H3,(H,19,21)(H,20,24)(H,22,23)/t15-/m0/s1. The maximum absolute atomic E-state index is 12.3. The lowest BCUT2D eigenvalue weighted by molar-refractivity contribution is -0.144. The highest BCUT2D eigenvalue weighted by atomic mass is 16.5. The monoisotopic (exact) mass is 390 g/mol. The van der Waals surface area contributed by atoms with Crippen LogP contribution in [0.1, 0.15) is 16.1 Å². The lowest BCUT2D eigenvalue weighted by atomic mass is 10.1. The summed E-state index contributed by atoms with van der Waals surface area (Å²) in [5.74, 6) is -0.751. The van der Waals surface area contributed by atoms with Gasteiger partial charge >= 0.3 is 5.97 Å². The third-order valence-corrected chi connectivity index (χ3v) is 3.82. The van der Waals surface area contributed by atoms with Crippen LogP contribution < -0.4 is 20.1 Å². The molecule has 0 saturated carbocycles. The van der Waals surface area contributed by atoms with Crippen molar-refractivity contribution in [3.63, 3.8) is 0 Å². The molecule has 10 heteroatoms. The van der Waals surface area contributed by atoms with E-state index < -0.39 is 23.8 Å². The molecule has 2 rings (SSSR count). The summed E-state index contributed by atoms with van der Waals surface area (Å²) in [6.45, 7) is -0.325. The third kappa shape index (κ3) is 5.73. The summed E-state index contributed by atoms with van der Waals surface area (Å²) in [6.07, 6.45) is 3.19. The van der Waals surface area contributed by atoms with E-state index in [1.807, 2.05) is 0 Å². The summed E-state index contributed by atoms with van der Waals surface area (Å²) >= 11 is 0. The Kier molecular flexibility index (Phi) is 7.37. The molecule has 2 aromatic rings. The fourth-order valence-corrected chi connectivity index (χ4v) is 2.40. The highest BCUT2D eigenvalue weighted by molar-refractivity contribution is 5.97. The number of imidazole rings is 1.